The molecule has 2 amide bonds. The number of esters is 1. The molecule has 3 heterocycles. The first-order valence-corrected chi connectivity index (χ1v) is 14.1. The highest BCUT2D eigenvalue weighted by atomic mass is 32.2. The molecule has 1 fully saturated rings. The van der Waals surface area contributed by atoms with Gasteiger partial charge in [0, 0.05) is 36.1 Å². The van der Waals surface area contributed by atoms with Crippen molar-refractivity contribution in [2.45, 2.75) is 17.9 Å². The van der Waals surface area contributed by atoms with Gasteiger partial charge < -0.3 is 20.1 Å². The summed E-state index contributed by atoms with van der Waals surface area (Å²) >= 11 is 0. The van der Waals surface area contributed by atoms with E-state index in [0.717, 1.165) is 5.69 Å². The number of morpholine rings is 1. The number of sulfonamides is 1. The van der Waals surface area contributed by atoms with Gasteiger partial charge in [0.05, 0.1) is 41.1 Å². The fourth-order valence-corrected chi connectivity index (χ4v) is 6.07. The number of amides is 2. The molecular weight excluding hydrogens is 534 g/mol. The Kier molecular flexibility index (Phi) is 7.83. The van der Waals surface area contributed by atoms with Crippen LogP contribution in [0.3, 0.4) is 0 Å². The van der Waals surface area contributed by atoms with Crippen molar-refractivity contribution in [1.82, 2.24) is 24.7 Å². The van der Waals surface area contributed by atoms with Crippen molar-refractivity contribution >= 4 is 22.0 Å². The van der Waals surface area contributed by atoms with Crippen LogP contribution in [0.4, 0.5) is 4.79 Å². The molecule has 0 spiro atoms. The van der Waals surface area contributed by atoms with E-state index in [9.17, 15) is 18.0 Å². The number of rotatable bonds is 8. The molecule has 3 aromatic rings. The number of carbonyl (C=O) groups excluding carboxylic acids is 2. The lowest BCUT2D eigenvalue weighted by Crippen LogP contribution is -2.45. The van der Waals surface area contributed by atoms with Crippen LogP contribution in [0.2, 0.25) is 0 Å². The molecule has 2 aliphatic rings. The molecule has 12 heteroatoms. The zero-order valence-electron chi connectivity index (χ0n) is 21.9. The normalized spacial score (nSPS) is 18.1. The summed E-state index contributed by atoms with van der Waals surface area (Å²) < 4.78 is 40.0. The zero-order valence-corrected chi connectivity index (χ0v) is 22.7. The van der Waals surface area contributed by atoms with Crippen LogP contribution in [0, 0.1) is 0 Å². The molecule has 2 aromatic carbocycles. The number of hydrogen-bond donors (Lipinski definition) is 2. The average Bonchev–Trinajstić information content (AvgIpc) is 3.42. The quantitative estimate of drug-likeness (QED) is 0.318. The van der Waals surface area contributed by atoms with Gasteiger partial charge in [-0.2, -0.15) is 9.40 Å². The van der Waals surface area contributed by atoms with E-state index in [1.807, 2.05) is 30.3 Å². The maximum absolute atomic E-state index is 13.1. The minimum absolute atomic E-state index is 0.00545. The molecule has 2 aliphatic heterocycles. The topological polar surface area (TPSA) is 132 Å². The molecule has 0 radical (unpaired) electrons. The summed E-state index contributed by atoms with van der Waals surface area (Å²) in [4.78, 5) is 25.8. The van der Waals surface area contributed by atoms with Crippen molar-refractivity contribution in [1.29, 1.82) is 0 Å². The van der Waals surface area contributed by atoms with Crippen LogP contribution in [-0.4, -0.2) is 67.4 Å². The van der Waals surface area contributed by atoms with Crippen molar-refractivity contribution in [3.63, 3.8) is 0 Å². The lowest BCUT2D eigenvalue weighted by atomic mass is 9.94. The SMILES string of the molecule is C=CCOC(=O)C1=C(C)NC(=O)N[C@@H]1c1cn(-c2ccccc2)nc1-c1ccc(S(=O)(=O)N2CCOCC2)cc1. The van der Waals surface area contributed by atoms with E-state index < -0.39 is 28.1 Å². The molecule has 5 rings (SSSR count). The van der Waals surface area contributed by atoms with E-state index in [2.05, 4.69) is 17.2 Å². The summed E-state index contributed by atoms with van der Waals surface area (Å²) in [6.45, 7) is 6.51. The Morgan fingerprint density at radius 1 is 1.15 bits per heavy atom. The van der Waals surface area contributed by atoms with Crippen LogP contribution in [0.15, 0.2) is 89.6 Å². The number of nitrogens with zero attached hydrogens (tertiary/aromatic N) is 3. The number of carbonyl (C=O) groups is 2. The second-order valence-electron chi connectivity index (χ2n) is 9.21. The van der Waals surface area contributed by atoms with Crippen LogP contribution in [0.1, 0.15) is 18.5 Å². The maximum Gasteiger partial charge on any atom is 0.338 e. The van der Waals surface area contributed by atoms with Crippen molar-refractivity contribution in [3.05, 3.63) is 90.3 Å². The van der Waals surface area contributed by atoms with E-state index in [0.29, 0.717) is 48.8 Å². The number of hydrogen-bond acceptors (Lipinski definition) is 7. The third-order valence-electron chi connectivity index (χ3n) is 6.63. The van der Waals surface area contributed by atoms with Gasteiger partial charge in [-0.3, -0.25) is 0 Å². The maximum atomic E-state index is 13.1. The lowest BCUT2D eigenvalue weighted by Gasteiger charge is -2.28. The van der Waals surface area contributed by atoms with Gasteiger partial charge in [0.1, 0.15) is 6.61 Å². The van der Waals surface area contributed by atoms with Crippen LogP contribution in [0.25, 0.3) is 16.9 Å². The summed E-state index contributed by atoms with van der Waals surface area (Å²) in [6.07, 6.45) is 3.20. The number of para-hydroxylation sites is 1. The van der Waals surface area contributed by atoms with Gasteiger partial charge in [-0.25, -0.2) is 22.7 Å². The molecular formula is C28H29N5O6S. The minimum atomic E-state index is -3.69. The van der Waals surface area contributed by atoms with Crippen LogP contribution in [0.5, 0.6) is 0 Å². The zero-order chi connectivity index (χ0) is 28.3. The highest BCUT2D eigenvalue weighted by molar-refractivity contribution is 7.89. The highest BCUT2D eigenvalue weighted by Gasteiger charge is 2.35. The number of benzene rings is 2. The molecule has 1 atom stereocenters. The Bertz CT molecular complexity index is 1560. The molecule has 1 saturated heterocycles. The molecule has 0 aliphatic carbocycles. The number of allylic oxidation sites excluding steroid dienone is 1. The molecule has 0 bridgehead atoms. The Labute approximate surface area is 232 Å². The molecule has 0 saturated carbocycles. The first-order chi connectivity index (χ1) is 19.3. The molecule has 11 nitrogen and oxygen atoms in total. The fourth-order valence-electron chi connectivity index (χ4n) is 4.67. The van der Waals surface area contributed by atoms with Crippen molar-refractivity contribution in [2.24, 2.45) is 0 Å². The van der Waals surface area contributed by atoms with Gasteiger partial charge in [-0.15, -0.1) is 0 Å². The van der Waals surface area contributed by atoms with Crippen LogP contribution >= 0.6 is 0 Å². The summed E-state index contributed by atoms with van der Waals surface area (Å²) in [5.74, 6) is -0.611. The second kappa shape index (κ2) is 11.5. The third kappa shape index (κ3) is 5.41. The van der Waals surface area contributed by atoms with Gasteiger partial charge >= 0.3 is 12.0 Å². The summed E-state index contributed by atoms with van der Waals surface area (Å²) in [7, 11) is -3.69. The Hall–Kier alpha value is -4.26. The minimum Gasteiger partial charge on any atom is -0.458 e. The van der Waals surface area contributed by atoms with Gasteiger partial charge in [0.15, 0.2) is 0 Å². The smallest absolute Gasteiger partial charge is 0.338 e. The largest absolute Gasteiger partial charge is 0.458 e. The number of aromatic nitrogens is 2. The number of urea groups is 1. The van der Waals surface area contributed by atoms with Gasteiger partial charge in [0.2, 0.25) is 10.0 Å². The number of nitrogens with one attached hydrogen (secondary N) is 2. The van der Waals surface area contributed by atoms with E-state index in [-0.39, 0.29) is 17.1 Å². The summed E-state index contributed by atoms with van der Waals surface area (Å²) in [5, 5.41) is 10.2. The van der Waals surface area contributed by atoms with Crippen LogP contribution < -0.4 is 10.6 Å². The molecule has 208 valence electrons. The summed E-state index contributed by atoms with van der Waals surface area (Å²) in [6, 6.07) is 14.4. The van der Waals surface area contributed by atoms with E-state index >= 15 is 0 Å². The number of ether oxygens (including phenoxy) is 2. The first kappa shape index (κ1) is 27.3. The van der Waals surface area contributed by atoms with E-state index in [1.165, 1.54) is 22.5 Å². The third-order valence-corrected chi connectivity index (χ3v) is 8.54. The standard InChI is InChI=1S/C28H29N5O6S/c1-3-15-39-27(34)24-19(2)29-28(35)30-26(24)23-18-33(21-7-5-4-6-8-21)31-25(23)20-9-11-22(12-10-20)40(36,37)32-13-16-38-17-14-32/h3-12,18,26H,1,13-17H2,2H3,(H2,29,30,35)/t26-/m1/s1. The monoisotopic (exact) mass is 563 g/mol. The van der Waals surface area contributed by atoms with Gasteiger partial charge in [-0.05, 0) is 31.2 Å². The molecule has 1 aromatic heterocycles. The van der Waals surface area contributed by atoms with Gasteiger partial charge in [0.25, 0.3) is 0 Å². The van der Waals surface area contributed by atoms with Crippen LogP contribution in [-0.2, 0) is 24.3 Å². The first-order valence-electron chi connectivity index (χ1n) is 12.7. The van der Waals surface area contributed by atoms with E-state index in [1.54, 1.807) is 29.9 Å². The predicted molar refractivity (Wildman–Crippen MR) is 147 cm³/mol. The van der Waals surface area contributed by atoms with Gasteiger partial charge in [-0.1, -0.05) is 43.0 Å². The Morgan fingerprint density at radius 3 is 2.52 bits per heavy atom. The molecule has 0 unspecified atom stereocenters. The Balaban J connectivity index is 1.59. The van der Waals surface area contributed by atoms with Crippen molar-refractivity contribution in [2.75, 3.05) is 32.9 Å². The lowest BCUT2D eigenvalue weighted by molar-refractivity contribution is -0.138. The van der Waals surface area contributed by atoms with Crippen molar-refractivity contribution < 1.29 is 27.5 Å². The summed E-state index contributed by atoms with van der Waals surface area (Å²) in [5.41, 5.74) is 2.95. The Morgan fingerprint density at radius 2 is 1.85 bits per heavy atom. The van der Waals surface area contributed by atoms with E-state index in [4.69, 9.17) is 14.6 Å². The fraction of sp³-hybridized carbons (Fsp3) is 0.250. The highest BCUT2D eigenvalue weighted by Crippen LogP contribution is 2.35. The second-order valence-corrected chi connectivity index (χ2v) is 11.1. The molecule has 2 N–H and O–H groups in total. The molecule has 40 heavy (non-hydrogen) atoms. The average molecular weight is 564 g/mol. The van der Waals surface area contributed by atoms with Crippen molar-refractivity contribution in [3.8, 4) is 16.9 Å². The predicted octanol–water partition coefficient (Wildman–Crippen LogP) is 2.92.